The number of rotatable bonds is 35. The highest BCUT2D eigenvalue weighted by molar-refractivity contribution is 7.47. The maximum atomic E-state index is 12.6. The van der Waals surface area contributed by atoms with Crippen LogP contribution < -0.4 is 5.73 Å². The van der Waals surface area contributed by atoms with E-state index in [-0.39, 0.29) is 12.8 Å². The minimum Gasteiger partial charge on any atom is -0.480 e. The first kappa shape index (κ1) is 52.1. The predicted octanol–water partition coefficient (Wildman–Crippen LogP) is 10.3. The van der Waals surface area contributed by atoms with Crippen LogP contribution in [0.5, 0.6) is 0 Å². The average molecular weight is 802 g/mol. The maximum absolute atomic E-state index is 12.6. The number of ether oxygens (including phenoxy) is 2. The van der Waals surface area contributed by atoms with Crippen molar-refractivity contribution in [2.24, 2.45) is 5.73 Å². The van der Waals surface area contributed by atoms with Crippen LogP contribution in [0.4, 0.5) is 0 Å². The van der Waals surface area contributed by atoms with Crippen LogP contribution in [-0.4, -0.2) is 59.9 Å². The summed E-state index contributed by atoms with van der Waals surface area (Å²) in [5, 5.41) is 8.87. The number of allylic oxidation sites excluding steroid dienone is 18. The summed E-state index contributed by atoms with van der Waals surface area (Å²) in [6.07, 6.45) is 48.8. The van der Waals surface area contributed by atoms with E-state index >= 15 is 0 Å². The normalized spacial score (nSPS) is 14.9. The number of hydrogen-bond acceptors (Lipinski definition) is 9. The van der Waals surface area contributed by atoms with Crippen molar-refractivity contribution < 1.29 is 47.5 Å². The molecule has 12 heteroatoms. The van der Waals surface area contributed by atoms with E-state index in [2.05, 4.69) is 116 Å². The Bertz CT molecular complexity index is 1360. The molecule has 0 aliphatic carbocycles. The summed E-state index contributed by atoms with van der Waals surface area (Å²) >= 11 is 0. The van der Waals surface area contributed by atoms with Gasteiger partial charge >= 0.3 is 25.7 Å². The first-order chi connectivity index (χ1) is 27.1. The molecule has 0 aromatic heterocycles. The number of unbranched alkanes of at least 4 members (excludes halogenated alkanes) is 3. The van der Waals surface area contributed by atoms with Crippen LogP contribution in [0.25, 0.3) is 0 Å². The van der Waals surface area contributed by atoms with Gasteiger partial charge in [-0.2, -0.15) is 0 Å². The first-order valence-electron chi connectivity index (χ1n) is 19.9. The van der Waals surface area contributed by atoms with Crippen molar-refractivity contribution in [1.29, 1.82) is 0 Å². The number of carboxylic acids is 1. The second-order valence-corrected chi connectivity index (χ2v) is 14.1. The Morgan fingerprint density at radius 1 is 0.554 bits per heavy atom. The third-order valence-corrected chi connectivity index (χ3v) is 8.47. The Morgan fingerprint density at radius 3 is 1.39 bits per heavy atom. The summed E-state index contributed by atoms with van der Waals surface area (Å²) in [6.45, 7) is 2.43. The molecule has 0 saturated heterocycles. The molecular weight excluding hydrogens is 733 g/mol. The molecule has 0 aromatic carbocycles. The van der Waals surface area contributed by atoms with Gasteiger partial charge in [-0.05, 0) is 89.9 Å². The van der Waals surface area contributed by atoms with Gasteiger partial charge in [-0.15, -0.1) is 0 Å². The van der Waals surface area contributed by atoms with E-state index in [0.717, 1.165) is 70.6 Å². The number of aliphatic carboxylic acids is 1. The largest absolute Gasteiger partial charge is 0.480 e. The van der Waals surface area contributed by atoms with E-state index in [1.807, 2.05) is 12.2 Å². The third-order valence-electron chi connectivity index (χ3n) is 7.52. The third kappa shape index (κ3) is 37.1. The Hall–Kier alpha value is -3.86. The molecule has 0 heterocycles. The van der Waals surface area contributed by atoms with Gasteiger partial charge in [0.1, 0.15) is 12.6 Å². The van der Waals surface area contributed by atoms with Gasteiger partial charge in [0.15, 0.2) is 6.10 Å². The molecule has 314 valence electrons. The van der Waals surface area contributed by atoms with E-state index in [4.69, 9.17) is 24.8 Å². The van der Waals surface area contributed by atoms with Crippen molar-refractivity contribution in [3.8, 4) is 0 Å². The zero-order chi connectivity index (χ0) is 41.4. The minimum absolute atomic E-state index is 0.0893. The fourth-order valence-electron chi connectivity index (χ4n) is 4.44. The van der Waals surface area contributed by atoms with Crippen molar-refractivity contribution in [2.45, 2.75) is 129 Å². The zero-order valence-electron chi connectivity index (χ0n) is 33.7. The van der Waals surface area contributed by atoms with E-state index in [1.165, 1.54) is 0 Å². The number of carboxylic acid groups (broad SMARTS) is 1. The predicted molar refractivity (Wildman–Crippen MR) is 226 cm³/mol. The van der Waals surface area contributed by atoms with Crippen LogP contribution in [0.15, 0.2) is 109 Å². The highest BCUT2D eigenvalue weighted by atomic mass is 31.2. The molecule has 0 aliphatic rings. The summed E-state index contributed by atoms with van der Waals surface area (Å²) in [5.74, 6) is -2.53. The van der Waals surface area contributed by atoms with Gasteiger partial charge in [0.25, 0.3) is 0 Å². The molecule has 1 unspecified atom stereocenters. The average Bonchev–Trinajstić information content (AvgIpc) is 3.17. The standard InChI is InChI=1S/C44H68NO10P/c1-3-5-7-9-11-13-15-17-19-20-22-23-25-27-29-31-33-35-42(46)52-37-40(38-53-56(50,51)54-39-41(45)44(48)49)55-43(47)36-34-32-30-28-26-24-21-18-16-14-12-10-8-6-4-2/h5-8,11-14,17-19,21-23,26-29,40-41H,3-4,9-10,15-16,20,24-25,30-39,45H2,1-2H3,(H,48,49)(H,50,51)/b7-5+,8-6+,13-11+,14-12+,19-17+,21-18+,23-22+,28-26+,29-27+/t40-,41+/m1/s1. The van der Waals surface area contributed by atoms with E-state index in [9.17, 15) is 23.8 Å². The van der Waals surface area contributed by atoms with Crippen molar-refractivity contribution in [2.75, 3.05) is 19.8 Å². The Morgan fingerprint density at radius 2 is 0.946 bits per heavy atom. The molecule has 0 fully saturated rings. The number of esters is 2. The van der Waals surface area contributed by atoms with Crippen molar-refractivity contribution >= 4 is 25.7 Å². The molecule has 0 saturated carbocycles. The number of carbonyl (C=O) groups is 3. The molecule has 56 heavy (non-hydrogen) atoms. The highest BCUT2D eigenvalue weighted by Gasteiger charge is 2.28. The summed E-state index contributed by atoms with van der Waals surface area (Å²) in [7, 11) is -4.75. The van der Waals surface area contributed by atoms with Gasteiger partial charge < -0.3 is 25.2 Å². The minimum atomic E-state index is -4.75. The Labute approximate surface area is 336 Å². The lowest BCUT2D eigenvalue weighted by Crippen LogP contribution is -2.34. The van der Waals surface area contributed by atoms with Crippen LogP contribution in [0.2, 0.25) is 0 Å². The van der Waals surface area contributed by atoms with Crippen molar-refractivity contribution in [3.63, 3.8) is 0 Å². The van der Waals surface area contributed by atoms with E-state index < -0.39 is 57.7 Å². The number of carbonyl (C=O) groups excluding carboxylic acids is 2. The molecule has 0 amide bonds. The second kappa shape index (κ2) is 38.0. The molecule has 0 rings (SSSR count). The van der Waals surface area contributed by atoms with Crippen molar-refractivity contribution in [3.05, 3.63) is 109 Å². The lowest BCUT2D eigenvalue weighted by atomic mass is 10.2. The van der Waals surface area contributed by atoms with Gasteiger partial charge in [0, 0.05) is 12.8 Å². The number of phosphoric acid groups is 1. The van der Waals surface area contributed by atoms with Gasteiger partial charge in [0.05, 0.1) is 13.2 Å². The molecule has 0 spiro atoms. The van der Waals surface area contributed by atoms with Gasteiger partial charge in [-0.3, -0.25) is 23.4 Å². The molecule has 4 N–H and O–H groups in total. The van der Waals surface area contributed by atoms with E-state index in [1.54, 1.807) is 0 Å². The van der Waals surface area contributed by atoms with Gasteiger partial charge in [0.2, 0.25) is 0 Å². The highest BCUT2D eigenvalue weighted by Crippen LogP contribution is 2.43. The molecule has 3 atom stereocenters. The smallest absolute Gasteiger partial charge is 0.472 e. The topological polar surface area (TPSA) is 172 Å². The fraction of sp³-hybridized carbons (Fsp3) is 0.523. The number of hydrogen-bond donors (Lipinski definition) is 3. The Kier molecular flexibility index (Phi) is 35.4. The fourth-order valence-corrected chi connectivity index (χ4v) is 5.22. The summed E-state index contributed by atoms with van der Waals surface area (Å²) in [4.78, 5) is 45.8. The van der Waals surface area contributed by atoms with Gasteiger partial charge in [-0.1, -0.05) is 123 Å². The zero-order valence-corrected chi connectivity index (χ0v) is 34.6. The monoisotopic (exact) mass is 801 g/mol. The maximum Gasteiger partial charge on any atom is 0.472 e. The van der Waals surface area contributed by atoms with Crippen LogP contribution in [0, 0.1) is 0 Å². The van der Waals surface area contributed by atoms with Crippen LogP contribution in [-0.2, 0) is 37.5 Å². The number of nitrogens with two attached hydrogens (primary N) is 1. The summed E-state index contributed by atoms with van der Waals surface area (Å²) in [5.41, 5.74) is 5.31. The van der Waals surface area contributed by atoms with Crippen molar-refractivity contribution in [1.82, 2.24) is 0 Å². The summed E-state index contributed by atoms with van der Waals surface area (Å²) < 4.78 is 32.5. The molecule has 0 aromatic rings. The van der Waals surface area contributed by atoms with Crippen LogP contribution in [0.3, 0.4) is 0 Å². The lowest BCUT2D eigenvalue weighted by Gasteiger charge is -2.20. The Balaban J connectivity index is 4.61. The second-order valence-electron chi connectivity index (χ2n) is 12.6. The van der Waals surface area contributed by atoms with Gasteiger partial charge in [-0.25, -0.2) is 4.57 Å². The SMILES string of the molecule is CC/C=C/C/C=C/C/C=C/C/C=C/C/C=C/CCCC(=O)OC[C@H](COP(=O)(O)OC[C@H](N)C(=O)O)OC(=O)CCCC/C=C/C/C=C/C/C=C/C/C=C/CC. The van der Waals surface area contributed by atoms with Crippen LogP contribution in [0.1, 0.15) is 117 Å². The molecule has 11 nitrogen and oxygen atoms in total. The molecule has 0 bridgehead atoms. The molecule has 0 radical (unpaired) electrons. The van der Waals surface area contributed by atoms with E-state index in [0.29, 0.717) is 19.3 Å². The first-order valence-corrected chi connectivity index (χ1v) is 21.4. The summed E-state index contributed by atoms with van der Waals surface area (Å²) in [6, 6.07) is -1.54. The molecule has 0 aliphatic heterocycles. The lowest BCUT2D eigenvalue weighted by molar-refractivity contribution is -0.161. The molecular formula is C44H68NO10P. The number of phosphoric ester groups is 1. The quantitative estimate of drug-likeness (QED) is 0.0241. The van der Waals surface area contributed by atoms with Crippen LogP contribution >= 0.6 is 7.82 Å².